The van der Waals surface area contributed by atoms with E-state index in [-0.39, 0.29) is 30.4 Å². The summed E-state index contributed by atoms with van der Waals surface area (Å²) in [5.74, 6) is -0.582. The molecule has 0 aliphatic carbocycles. The van der Waals surface area contributed by atoms with Crippen LogP contribution in [0.5, 0.6) is 5.75 Å². The predicted octanol–water partition coefficient (Wildman–Crippen LogP) is 5.44. The second-order valence-electron chi connectivity index (χ2n) is 8.94. The van der Waals surface area contributed by atoms with Gasteiger partial charge in [-0.25, -0.2) is 9.59 Å². The van der Waals surface area contributed by atoms with Crippen LogP contribution in [0.15, 0.2) is 54.6 Å². The van der Waals surface area contributed by atoms with Gasteiger partial charge in [-0.15, -0.1) is 0 Å². The number of benzene rings is 2. The molecule has 0 bridgehead atoms. The molecule has 2 N–H and O–H groups in total. The van der Waals surface area contributed by atoms with Crippen molar-refractivity contribution < 1.29 is 28.8 Å². The van der Waals surface area contributed by atoms with E-state index in [1.165, 1.54) is 30.7 Å². The second-order valence-corrected chi connectivity index (χ2v) is 8.94. The Hall–Kier alpha value is -3.95. The van der Waals surface area contributed by atoms with Gasteiger partial charge in [-0.05, 0) is 43.4 Å². The van der Waals surface area contributed by atoms with E-state index >= 15 is 0 Å². The average Bonchev–Trinajstić information content (AvgIpc) is 2.91. The lowest BCUT2D eigenvalue weighted by atomic mass is 10.1. The molecule has 0 spiro atoms. The molecule has 1 atom stereocenters. The lowest BCUT2D eigenvalue weighted by Crippen LogP contribution is -2.43. The molecule has 0 heterocycles. The highest BCUT2D eigenvalue weighted by Crippen LogP contribution is 2.18. The van der Waals surface area contributed by atoms with Crippen molar-refractivity contribution in [1.82, 2.24) is 10.6 Å². The summed E-state index contributed by atoms with van der Waals surface area (Å²) in [7, 11) is 0. The number of rotatable bonds is 17. The molecule has 10 heteroatoms. The number of nitrogens with zero attached hydrogens (tertiary/aromatic N) is 1. The molecule has 2 aromatic rings. The van der Waals surface area contributed by atoms with Crippen molar-refractivity contribution in [3.63, 3.8) is 0 Å². The van der Waals surface area contributed by atoms with Gasteiger partial charge in [-0.1, -0.05) is 62.9 Å². The van der Waals surface area contributed by atoms with Gasteiger partial charge in [0.05, 0.1) is 4.92 Å². The molecule has 1 unspecified atom stereocenters. The third-order valence-corrected chi connectivity index (χ3v) is 5.80. The number of hydrogen-bond donors (Lipinski definition) is 2. The number of non-ortho nitro benzene ring substituents is 1. The van der Waals surface area contributed by atoms with Crippen molar-refractivity contribution in [2.24, 2.45) is 0 Å². The molecule has 2 rings (SSSR count). The van der Waals surface area contributed by atoms with Gasteiger partial charge in [0.1, 0.15) is 18.4 Å². The van der Waals surface area contributed by atoms with Crippen LogP contribution in [0.2, 0.25) is 0 Å². The Kier molecular flexibility index (Phi) is 13.9. The third kappa shape index (κ3) is 12.3. The third-order valence-electron chi connectivity index (χ3n) is 5.80. The fourth-order valence-corrected chi connectivity index (χ4v) is 3.66. The summed E-state index contributed by atoms with van der Waals surface area (Å²) in [6, 6.07) is 13.2. The first-order chi connectivity index (χ1) is 18.4. The van der Waals surface area contributed by atoms with Gasteiger partial charge in [-0.2, -0.15) is 0 Å². The maximum absolute atomic E-state index is 12.8. The summed E-state index contributed by atoms with van der Waals surface area (Å²) >= 11 is 0. The van der Waals surface area contributed by atoms with Crippen LogP contribution in [0.1, 0.15) is 70.3 Å². The number of unbranched alkanes of at least 4 members (excludes halogenated alkanes) is 5. The van der Waals surface area contributed by atoms with Crippen molar-refractivity contribution in [1.29, 1.82) is 0 Å². The van der Waals surface area contributed by atoms with Crippen molar-refractivity contribution in [3.05, 3.63) is 70.3 Å². The fraction of sp³-hybridized carbons (Fsp3) is 0.464. The van der Waals surface area contributed by atoms with Crippen LogP contribution >= 0.6 is 0 Å². The fourth-order valence-electron chi connectivity index (χ4n) is 3.66. The van der Waals surface area contributed by atoms with Crippen LogP contribution in [0, 0.1) is 10.1 Å². The van der Waals surface area contributed by atoms with E-state index in [1.807, 2.05) is 30.3 Å². The first-order valence-electron chi connectivity index (χ1n) is 13.1. The van der Waals surface area contributed by atoms with Crippen molar-refractivity contribution in [3.8, 4) is 5.75 Å². The molecule has 2 amide bonds. The number of nitro benzene ring substituents is 1. The largest absolute Gasteiger partial charge is 0.445 e. The zero-order chi connectivity index (χ0) is 27.6. The Balaban J connectivity index is 1.84. The van der Waals surface area contributed by atoms with Crippen LogP contribution in [0.4, 0.5) is 10.5 Å². The van der Waals surface area contributed by atoms with Gasteiger partial charge in [0.15, 0.2) is 0 Å². The average molecular weight is 528 g/mol. The number of alkyl carbamates (subject to hydrolysis) is 1. The van der Waals surface area contributed by atoms with E-state index in [2.05, 4.69) is 17.6 Å². The Morgan fingerprint density at radius 1 is 0.921 bits per heavy atom. The summed E-state index contributed by atoms with van der Waals surface area (Å²) in [6.07, 6.45) is 6.56. The number of nitrogens with one attached hydrogen (secondary N) is 2. The highest BCUT2D eigenvalue weighted by molar-refractivity contribution is 5.83. The molecule has 10 nitrogen and oxygen atoms in total. The summed E-state index contributed by atoms with van der Waals surface area (Å²) in [4.78, 5) is 47.5. The highest BCUT2D eigenvalue weighted by atomic mass is 16.6. The summed E-state index contributed by atoms with van der Waals surface area (Å²) in [5, 5.41) is 16.3. The molecule has 0 fully saturated rings. The standard InChI is InChI=1S/C28H37N3O7/c1-2-3-4-5-9-15-26(32)29-20-11-10-14-25(30-28(34)37-21-22-12-7-6-8-13-22)27(33)38-24-18-16-23(17-19-24)31(35)36/h6-8,12-13,16-19,25H,2-5,9-11,14-15,20-21H2,1H3,(H,29,32)(H,30,34). The number of hydrogen-bond acceptors (Lipinski definition) is 7. The van der Waals surface area contributed by atoms with Crippen molar-refractivity contribution in [2.75, 3.05) is 6.54 Å². The summed E-state index contributed by atoms with van der Waals surface area (Å²) in [6.45, 7) is 2.66. The van der Waals surface area contributed by atoms with Crippen LogP contribution in [-0.2, 0) is 20.9 Å². The lowest BCUT2D eigenvalue weighted by molar-refractivity contribution is -0.384. The zero-order valence-electron chi connectivity index (χ0n) is 21.9. The number of esters is 1. The maximum atomic E-state index is 12.8. The first kappa shape index (κ1) is 30.3. The number of carbonyl (C=O) groups excluding carboxylic acids is 3. The number of ether oxygens (including phenoxy) is 2. The van der Waals surface area contributed by atoms with Crippen molar-refractivity contribution in [2.45, 2.75) is 77.4 Å². The van der Waals surface area contributed by atoms with E-state index in [4.69, 9.17) is 9.47 Å². The van der Waals surface area contributed by atoms with Crippen molar-refractivity contribution >= 4 is 23.7 Å². The Morgan fingerprint density at radius 2 is 1.63 bits per heavy atom. The number of nitro groups is 1. The Bertz CT molecular complexity index is 1010. The van der Waals surface area contributed by atoms with Gasteiger partial charge in [-0.3, -0.25) is 14.9 Å². The van der Waals surface area contributed by atoms with E-state index < -0.39 is 23.0 Å². The number of amides is 2. The van der Waals surface area contributed by atoms with E-state index in [9.17, 15) is 24.5 Å². The minimum atomic E-state index is -0.997. The van der Waals surface area contributed by atoms with Gasteiger partial charge < -0.3 is 20.1 Å². The maximum Gasteiger partial charge on any atom is 0.408 e. The van der Waals surface area contributed by atoms with E-state index in [0.29, 0.717) is 25.8 Å². The molecule has 0 radical (unpaired) electrons. The predicted molar refractivity (Wildman–Crippen MR) is 143 cm³/mol. The van der Waals surface area contributed by atoms with Crippen LogP contribution < -0.4 is 15.4 Å². The molecule has 38 heavy (non-hydrogen) atoms. The van der Waals surface area contributed by atoms with Crippen LogP contribution in [0.3, 0.4) is 0 Å². The van der Waals surface area contributed by atoms with Crippen LogP contribution in [-0.4, -0.2) is 35.5 Å². The van der Waals surface area contributed by atoms with E-state index in [0.717, 1.165) is 31.2 Å². The van der Waals surface area contributed by atoms with Gasteiger partial charge in [0.25, 0.3) is 5.69 Å². The molecular weight excluding hydrogens is 490 g/mol. The summed E-state index contributed by atoms with van der Waals surface area (Å²) in [5.41, 5.74) is 0.667. The number of carbonyl (C=O) groups is 3. The second kappa shape index (κ2) is 17.5. The molecular formula is C28H37N3O7. The summed E-state index contributed by atoms with van der Waals surface area (Å²) < 4.78 is 10.6. The molecule has 0 aliphatic heterocycles. The van der Waals surface area contributed by atoms with Gasteiger partial charge >= 0.3 is 12.1 Å². The Labute approximate surface area is 223 Å². The topological polar surface area (TPSA) is 137 Å². The molecule has 0 aliphatic rings. The quantitative estimate of drug-likeness (QED) is 0.0918. The normalized spacial score (nSPS) is 11.3. The van der Waals surface area contributed by atoms with Gasteiger partial charge in [0, 0.05) is 25.1 Å². The minimum Gasteiger partial charge on any atom is -0.445 e. The van der Waals surface area contributed by atoms with Gasteiger partial charge in [0.2, 0.25) is 5.91 Å². The minimum absolute atomic E-state index is 0.0123. The smallest absolute Gasteiger partial charge is 0.408 e. The highest BCUT2D eigenvalue weighted by Gasteiger charge is 2.24. The molecule has 0 saturated carbocycles. The Morgan fingerprint density at radius 3 is 2.32 bits per heavy atom. The first-order valence-corrected chi connectivity index (χ1v) is 13.1. The SMILES string of the molecule is CCCCCCCC(=O)NCCCCC(NC(=O)OCc1ccccc1)C(=O)Oc1ccc([N+](=O)[O-])cc1. The zero-order valence-corrected chi connectivity index (χ0v) is 21.9. The van der Waals surface area contributed by atoms with Crippen LogP contribution in [0.25, 0.3) is 0 Å². The molecule has 0 aromatic heterocycles. The molecule has 206 valence electrons. The molecule has 2 aromatic carbocycles. The lowest BCUT2D eigenvalue weighted by Gasteiger charge is -2.17. The van der Waals surface area contributed by atoms with E-state index in [1.54, 1.807) is 0 Å². The monoisotopic (exact) mass is 527 g/mol. The molecule has 0 saturated heterocycles.